The van der Waals surface area contributed by atoms with Crippen molar-refractivity contribution in [2.45, 2.75) is 5.00 Å². The largest absolute Gasteiger partial charge is 0.251 e. The summed E-state index contributed by atoms with van der Waals surface area (Å²) in [6.07, 6.45) is 0. The number of aliphatic imine (C=N–C) groups is 1. The molecule has 2 aromatic rings. The van der Waals surface area contributed by atoms with E-state index < -0.39 is 5.00 Å². The molecule has 0 bridgehead atoms. The van der Waals surface area contributed by atoms with Crippen molar-refractivity contribution in [3.8, 4) is 0 Å². The van der Waals surface area contributed by atoms with Crippen molar-refractivity contribution in [3.05, 3.63) is 71.8 Å². The predicted molar refractivity (Wildman–Crippen MR) is 67.0 cm³/mol. The van der Waals surface area contributed by atoms with E-state index in [4.69, 9.17) is 11.6 Å². The van der Waals surface area contributed by atoms with Gasteiger partial charge in [0.05, 0.1) is 5.71 Å². The Labute approximate surface area is 99.4 Å². The average Bonchev–Trinajstić information content (AvgIpc) is 3.06. The molecule has 0 N–H and O–H groups in total. The van der Waals surface area contributed by atoms with Crippen LogP contribution in [0, 0.1) is 0 Å². The first-order valence-electron chi connectivity index (χ1n) is 5.21. The fraction of sp³-hybridized carbons (Fsp3) is 0.0714. The summed E-state index contributed by atoms with van der Waals surface area (Å²) < 4.78 is 0. The predicted octanol–water partition coefficient (Wildman–Crippen LogP) is 3.58. The molecule has 0 radical (unpaired) electrons. The highest BCUT2D eigenvalue weighted by Crippen LogP contribution is 2.45. The van der Waals surface area contributed by atoms with Crippen LogP contribution in [0.2, 0.25) is 0 Å². The molecule has 78 valence electrons. The summed E-state index contributed by atoms with van der Waals surface area (Å²) in [5.41, 5.74) is 3.10. The number of hydrogen-bond donors (Lipinski definition) is 0. The van der Waals surface area contributed by atoms with Crippen molar-refractivity contribution in [1.29, 1.82) is 0 Å². The minimum Gasteiger partial charge on any atom is -0.251 e. The van der Waals surface area contributed by atoms with Crippen LogP contribution in [0.5, 0.6) is 0 Å². The summed E-state index contributed by atoms with van der Waals surface area (Å²) in [7, 11) is 0. The van der Waals surface area contributed by atoms with Gasteiger partial charge in [0.25, 0.3) is 0 Å². The lowest BCUT2D eigenvalue weighted by molar-refractivity contribution is 1.02. The number of nitrogens with zero attached hydrogens (tertiary/aromatic N) is 1. The fourth-order valence-electron chi connectivity index (χ4n) is 1.84. The molecule has 1 nitrogen and oxygen atoms in total. The molecule has 1 aliphatic rings. The summed E-state index contributed by atoms with van der Waals surface area (Å²) >= 11 is 6.47. The average molecular weight is 228 g/mol. The molecular formula is C14H10ClN. The first-order valence-corrected chi connectivity index (χ1v) is 5.59. The molecule has 1 atom stereocenters. The van der Waals surface area contributed by atoms with E-state index in [0.717, 1.165) is 16.8 Å². The molecule has 0 amide bonds. The zero-order chi connectivity index (χ0) is 11.0. The topological polar surface area (TPSA) is 12.4 Å². The number of benzene rings is 2. The number of alkyl halides is 1. The van der Waals surface area contributed by atoms with Gasteiger partial charge in [-0.3, -0.25) is 4.99 Å². The summed E-state index contributed by atoms with van der Waals surface area (Å²) in [5.74, 6) is 0. The first-order chi connectivity index (χ1) is 7.81. The summed E-state index contributed by atoms with van der Waals surface area (Å²) in [5, 5.41) is 0. The third-order valence-corrected chi connectivity index (χ3v) is 3.21. The van der Waals surface area contributed by atoms with Crippen molar-refractivity contribution in [3.63, 3.8) is 0 Å². The quantitative estimate of drug-likeness (QED) is 0.549. The van der Waals surface area contributed by atoms with E-state index >= 15 is 0 Å². The van der Waals surface area contributed by atoms with Gasteiger partial charge < -0.3 is 0 Å². The molecule has 1 heterocycles. The van der Waals surface area contributed by atoms with Crippen molar-refractivity contribution in [2.75, 3.05) is 0 Å². The Hall–Kier alpha value is -1.60. The highest BCUT2D eigenvalue weighted by molar-refractivity contribution is 6.45. The Morgan fingerprint density at radius 2 is 1.38 bits per heavy atom. The Morgan fingerprint density at radius 1 is 0.812 bits per heavy atom. The van der Waals surface area contributed by atoms with Gasteiger partial charge in [-0.15, -0.1) is 0 Å². The summed E-state index contributed by atoms with van der Waals surface area (Å²) in [6, 6.07) is 20.0. The second kappa shape index (κ2) is 3.46. The van der Waals surface area contributed by atoms with E-state index in [1.807, 2.05) is 60.7 Å². The Balaban J connectivity index is 1.93. The van der Waals surface area contributed by atoms with E-state index in [-0.39, 0.29) is 0 Å². The van der Waals surface area contributed by atoms with E-state index in [2.05, 4.69) is 4.99 Å². The third kappa shape index (κ3) is 1.44. The number of rotatable bonds is 2. The van der Waals surface area contributed by atoms with Crippen molar-refractivity contribution < 1.29 is 0 Å². The lowest BCUT2D eigenvalue weighted by atomic mass is 10.0. The van der Waals surface area contributed by atoms with Gasteiger partial charge in [0.1, 0.15) is 0 Å². The van der Waals surface area contributed by atoms with E-state index in [9.17, 15) is 0 Å². The van der Waals surface area contributed by atoms with Gasteiger partial charge in [-0.25, -0.2) is 0 Å². The second-order valence-electron chi connectivity index (χ2n) is 3.81. The second-order valence-corrected chi connectivity index (χ2v) is 4.36. The van der Waals surface area contributed by atoms with Gasteiger partial charge in [-0.05, 0) is 5.56 Å². The number of halogens is 1. The van der Waals surface area contributed by atoms with Gasteiger partial charge >= 0.3 is 0 Å². The van der Waals surface area contributed by atoms with E-state index in [0.29, 0.717) is 0 Å². The molecule has 1 unspecified atom stereocenters. The smallest absolute Gasteiger partial charge is 0.201 e. The molecule has 3 rings (SSSR count). The molecule has 2 aromatic carbocycles. The molecule has 0 fully saturated rings. The van der Waals surface area contributed by atoms with Crippen LogP contribution in [0.25, 0.3) is 0 Å². The van der Waals surface area contributed by atoms with Gasteiger partial charge in [-0.1, -0.05) is 72.3 Å². The van der Waals surface area contributed by atoms with Crippen molar-refractivity contribution >= 4 is 17.3 Å². The molecule has 0 aliphatic carbocycles. The lowest BCUT2D eigenvalue weighted by Crippen LogP contribution is -2.08. The van der Waals surface area contributed by atoms with Crippen molar-refractivity contribution in [2.24, 2.45) is 4.99 Å². The maximum Gasteiger partial charge on any atom is 0.201 e. The first kappa shape index (κ1) is 9.61. The number of hydrogen-bond acceptors (Lipinski definition) is 1. The van der Waals surface area contributed by atoms with Gasteiger partial charge in [0.15, 0.2) is 0 Å². The van der Waals surface area contributed by atoms with Crippen LogP contribution >= 0.6 is 11.6 Å². The van der Waals surface area contributed by atoms with Crippen LogP contribution in [0.1, 0.15) is 11.1 Å². The molecule has 0 saturated carbocycles. The molecule has 0 spiro atoms. The van der Waals surface area contributed by atoms with E-state index in [1.165, 1.54) is 0 Å². The summed E-state index contributed by atoms with van der Waals surface area (Å²) in [4.78, 5) is 3.79. The summed E-state index contributed by atoms with van der Waals surface area (Å²) in [6.45, 7) is 0. The molecular weight excluding hydrogens is 218 g/mol. The molecule has 1 aliphatic heterocycles. The maximum atomic E-state index is 6.47. The fourth-order valence-corrected chi connectivity index (χ4v) is 2.16. The van der Waals surface area contributed by atoms with Gasteiger partial charge in [-0.2, -0.15) is 0 Å². The van der Waals surface area contributed by atoms with Crippen LogP contribution in [0.15, 0.2) is 65.7 Å². The van der Waals surface area contributed by atoms with Gasteiger partial charge in [0, 0.05) is 5.56 Å². The van der Waals surface area contributed by atoms with E-state index in [1.54, 1.807) is 0 Å². The molecule has 0 aromatic heterocycles. The highest BCUT2D eigenvalue weighted by Gasteiger charge is 2.47. The molecule has 16 heavy (non-hydrogen) atoms. The van der Waals surface area contributed by atoms with Crippen LogP contribution < -0.4 is 0 Å². The standard InChI is InChI=1S/C14H10ClN/c15-14(12-9-5-2-6-10-12)13(16-14)11-7-3-1-4-8-11/h1-10H. The normalized spacial score (nSPS) is 22.7. The zero-order valence-electron chi connectivity index (χ0n) is 8.60. The van der Waals surface area contributed by atoms with Crippen LogP contribution in [0.4, 0.5) is 0 Å². The van der Waals surface area contributed by atoms with Crippen molar-refractivity contribution in [1.82, 2.24) is 0 Å². The Morgan fingerprint density at radius 3 is 2.00 bits per heavy atom. The minimum absolute atomic E-state index is 0.622. The monoisotopic (exact) mass is 227 g/mol. The SMILES string of the molecule is ClC1(c2ccccc2)N=C1c1ccccc1. The van der Waals surface area contributed by atoms with Crippen LogP contribution in [-0.2, 0) is 5.00 Å². The highest BCUT2D eigenvalue weighted by atomic mass is 35.5. The third-order valence-electron chi connectivity index (χ3n) is 2.73. The Kier molecular flexibility index (Phi) is 2.08. The molecule has 2 heteroatoms. The lowest BCUT2D eigenvalue weighted by Gasteiger charge is -2.06. The Bertz CT molecular complexity index is 533. The zero-order valence-corrected chi connectivity index (χ0v) is 9.35. The minimum atomic E-state index is -0.622. The van der Waals surface area contributed by atoms with Crippen LogP contribution in [0.3, 0.4) is 0 Å². The van der Waals surface area contributed by atoms with Gasteiger partial charge in [0.2, 0.25) is 5.00 Å². The maximum absolute atomic E-state index is 6.47. The molecule has 0 saturated heterocycles. The van der Waals surface area contributed by atoms with Crippen LogP contribution in [-0.4, -0.2) is 5.71 Å².